The summed E-state index contributed by atoms with van der Waals surface area (Å²) in [6.45, 7) is 2.74. The molecule has 1 saturated heterocycles. The van der Waals surface area contributed by atoms with Gasteiger partial charge >= 0.3 is 0 Å². The number of rotatable bonds is 4. The van der Waals surface area contributed by atoms with Gasteiger partial charge in [0.1, 0.15) is 0 Å². The van der Waals surface area contributed by atoms with E-state index in [-0.39, 0.29) is 17.7 Å². The summed E-state index contributed by atoms with van der Waals surface area (Å²) in [5.74, 6) is 0.0438. The molecule has 2 aliphatic heterocycles. The Morgan fingerprint density at radius 1 is 1.03 bits per heavy atom. The lowest BCUT2D eigenvalue weighted by Crippen LogP contribution is -2.63. The first-order valence-electron chi connectivity index (χ1n) is 11.4. The van der Waals surface area contributed by atoms with Gasteiger partial charge in [0, 0.05) is 32.3 Å². The zero-order valence-corrected chi connectivity index (χ0v) is 17.7. The van der Waals surface area contributed by atoms with Crippen LogP contribution >= 0.6 is 0 Å². The van der Waals surface area contributed by atoms with Gasteiger partial charge in [-0.05, 0) is 37.3 Å². The molecule has 0 bridgehead atoms. The summed E-state index contributed by atoms with van der Waals surface area (Å²) in [6.07, 6.45) is 9.70. The van der Waals surface area contributed by atoms with Crippen molar-refractivity contribution < 1.29 is 14.3 Å². The van der Waals surface area contributed by atoms with Crippen LogP contribution in [-0.2, 0) is 9.53 Å². The maximum Gasteiger partial charge on any atom is 0.254 e. The van der Waals surface area contributed by atoms with E-state index in [1.165, 1.54) is 19.3 Å². The summed E-state index contributed by atoms with van der Waals surface area (Å²) >= 11 is 0. The first-order chi connectivity index (χ1) is 14.2. The second-order valence-corrected chi connectivity index (χ2v) is 8.87. The van der Waals surface area contributed by atoms with Gasteiger partial charge in [0.25, 0.3) is 5.91 Å². The number of ether oxygens (including phenoxy) is 1. The molecule has 5 nitrogen and oxygen atoms in total. The minimum absolute atomic E-state index is 0.0690. The highest BCUT2D eigenvalue weighted by Crippen LogP contribution is 2.49. The lowest BCUT2D eigenvalue weighted by molar-refractivity contribution is -0.138. The number of carbonyl (C=O) groups excluding carboxylic acids is 2. The molecule has 1 saturated carbocycles. The summed E-state index contributed by atoms with van der Waals surface area (Å²) in [6, 6.07) is 7.82. The lowest BCUT2D eigenvalue weighted by Gasteiger charge is -2.54. The van der Waals surface area contributed by atoms with Crippen LogP contribution in [0.5, 0.6) is 0 Å². The SMILES string of the molecule is COCCN1C(=O)c2ccccc2[C@H](C(=O)N2CCCCCC2)C12CCCCC2. The summed E-state index contributed by atoms with van der Waals surface area (Å²) in [5, 5.41) is 0. The third-order valence-electron chi connectivity index (χ3n) is 7.23. The molecule has 4 rings (SSSR count). The van der Waals surface area contributed by atoms with Gasteiger partial charge in [0.15, 0.2) is 0 Å². The Balaban J connectivity index is 1.80. The van der Waals surface area contributed by atoms with Crippen LogP contribution in [0, 0.1) is 0 Å². The fourth-order valence-electron chi connectivity index (χ4n) is 5.80. The maximum absolute atomic E-state index is 14.0. The average molecular weight is 399 g/mol. The highest BCUT2D eigenvalue weighted by Gasteiger charge is 2.55. The van der Waals surface area contributed by atoms with Crippen molar-refractivity contribution in [3.8, 4) is 0 Å². The molecule has 1 aliphatic carbocycles. The molecule has 1 aromatic carbocycles. The number of fused-ring (bicyclic) bond motifs is 1. The number of hydrogen-bond donors (Lipinski definition) is 0. The van der Waals surface area contributed by atoms with E-state index < -0.39 is 5.54 Å². The van der Waals surface area contributed by atoms with Gasteiger partial charge in [-0.2, -0.15) is 0 Å². The highest BCUT2D eigenvalue weighted by molar-refractivity contribution is 6.02. The molecule has 5 heteroatoms. The van der Waals surface area contributed by atoms with Crippen LogP contribution in [0.2, 0.25) is 0 Å². The standard InChI is InChI=1S/C24H34N2O3/c1-29-18-17-26-22(27)20-12-6-5-11-19(20)21(24(26)13-7-4-8-14-24)23(28)25-15-9-2-3-10-16-25/h5-6,11-12,21H,2-4,7-10,13-18H2,1H3/t21-/m1/s1. The van der Waals surface area contributed by atoms with Crippen molar-refractivity contribution >= 4 is 11.8 Å². The second kappa shape index (κ2) is 8.86. The normalized spacial score (nSPS) is 24.3. The third-order valence-corrected chi connectivity index (χ3v) is 7.23. The Morgan fingerprint density at radius 2 is 1.69 bits per heavy atom. The summed E-state index contributed by atoms with van der Waals surface area (Å²) in [7, 11) is 1.68. The predicted octanol–water partition coefficient (Wildman–Crippen LogP) is 3.98. The van der Waals surface area contributed by atoms with E-state index >= 15 is 0 Å². The molecule has 0 unspecified atom stereocenters. The molecule has 3 aliphatic rings. The van der Waals surface area contributed by atoms with E-state index in [0.29, 0.717) is 18.7 Å². The molecule has 0 N–H and O–H groups in total. The molecular formula is C24H34N2O3. The van der Waals surface area contributed by atoms with Crippen LogP contribution in [0.15, 0.2) is 24.3 Å². The van der Waals surface area contributed by atoms with Crippen molar-refractivity contribution in [2.45, 2.75) is 69.2 Å². The van der Waals surface area contributed by atoms with E-state index in [1.54, 1.807) is 7.11 Å². The molecule has 1 spiro atoms. The van der Waals surface area contributed by atoms with Gasteiger partial charge < -0.3 is 14.5 Å². The van der Waals surface area contributed by atoms with Crippen molar-refractivity contribution in [3.05, 3.63) is 35.4 Å². The Hall–Kier alpha value is -1.88. The van der Waals surface area contributed by atoms with Crippen LogP contribution in [0.25, 0.3) is 0 Å². The smallest absolute Gasteiger partial charge is 0.254 e. The monoisotopic (exact) mass is 398 g/mol. The van der Waals surface area contributed by atoms with Crippen LogP contribution < -0.4 is 0 Å². The number of nitrogens with zero attached hydrogens (tertiary/aromatic N) is 2. The third kappa shape index (κ3) is 3.70. The van der Waals surface area contributed by atoms with Crippen molar-refractivity contribution in [2.24, 2.45) is 0 Å². The summed E-state index contributed by atoms with van der Waals surface area (Å²) < 4.78 is 5.35. The fourth-order valence-corrected chi connectivity index (χ4v) is 5.80. The van der Waals surface area contributed by atoms with Crippen LogP contribution in [0.3, 0.4) is 0 Å². The first kappa shape index (κ1) is 20.4. The number of benzene rings is 1. The second-order valence-electron chi connectivity index (χ2n) is 8.87. The summed E-state index contributed by atoms with van der Waals surface area (Å²) in [5.41, 5.74) is 1.24. The number of methoxy groups -OCH3 is 1. The van der Waals surface area contributed by atoms with E-state index in [4.69, 9.17) is 4.74 Å². The minimum Gasteiger partial charge on any atom is -0.383 e. The zero-order valence-electron chi connectivity index (χ0n) is 17.7. The molecule has 1 atom stereocenters. The molecule has 0 radical (unpaired) electrons. The van der Waals surface area contributed by atoms with Crippen molar-refractivity contribution in [1.82, 2.24) is 9.80 Å². The molecule has 2 heterocycles. The first-order valence-corrected chi connectivity index (χ1v) is 11.4. The average Bonchev–Trinajstić information content (AvgIpc) is 3.04. The van der Waals surface area contributed by atoms with Gasteiger partial charge in [-0.1, -0.05) is 50.3 Å². The zero-order chi connectivity index (χ0) is 20.3. The van der Waals surface area contributed by atoms with Gasteiger partial charge in [0.2, 0.25) is 5.91 Å². The number of amides is 2. The van der Waals surface area contributed by atoms with Crippen molar-refractivity contribution in [3.63, 3.8) is 0 Å². The Morgan fingerprint density at radius 3 is 2.38 bits per heavy atom. The number of likely N-dealkylation sites (tertiary alicyclic amines) is 1. The molecule has 29 heavy (non-hydrogen) atoms. The Kier molecular flexibility index (Phi) is 6.23. The van der Waals surface area contributed by atoms with Crippen LogP contribution in [-0.4, -0.2) is 60.5 Å². The van der Waals surface area contributed by atoms with Crippen LogP contribution in [0.1, 0.15) is 79.6 Å². The predicted molar refractivity (Wildman–Crippen MR) is 113 cm³/mol. The van der Waals surface area contributed by atoms with Gasteiger partial charge in [-0.25, -0.2) is 0 Å². The molecule has 0 aromatic heterocycles. The van der Waals surface area contributed by atoms with Crippen molar-refractivity contribution in [1.29, 1.82) is 0 Å². The van der Waals surface area contributed by atoms with Gasteiger partial charge in [-0.15, -0.1) is 0 Å². The molecular weight excluding hydrogens is 364 g/mol. The summed E-state index contributed by atoms with van der Waals surface area (Å²) in [4.78, 5) is 31.7. The highest BCUT2D eigenvalue weighted by atomic mass is 16.5. The molecule has 2 amide bonds. The van der Waals surface area contributed by atoms with E-state index in [2.05, 4.69) is 4.90 Å². The molecule has 2 fully saturated rings. The van der Waals surface area contributed by atoms with E-state index in [9.17, 15) is 9.59 Å². The molecule has 158 valence electrons. The largest absolute Gasteiger partial charge is 0.383 e. The minimum atomic E-state index is -0.411. The number of carbonyl (C=O) groups is 2. The quantitative estimate of drug-likeness (QED) is 0.771. The van der Waals surface area contributed by atoms with E-state index in [0.717, 1.165) is 57.2 Å². The number of hydrogen-bond acceptors (Lipinski definition) is 3. The van der Waals surface area contributed by atoms with Gasteiger partial charge in [-0.3, -0.25) is 9.59 Å². The fraction of sp³-hybridized carbons (Fsp3) is 0.667. The topological polar surface area (TPSA) is 49.9 Å². The lowest BCUT2D eigenvalue weighted by atomic mass is 9.65. The molecule has 1 aromatic rings. The Labute approximate surface area is 174 Å². The van der Waals surface area contributed by atoms with Crippen molar-refractivity contribution in [2.75, 3.05) is 33.4 Å². The van der Waals surface area contributed by atoms with Gasteiger partial charge in [0.05, 0.1) is 18.1 Å². The maximum atomic E-state index is 14.0. The van der Waals surface area contributed by atoms with Crippen LogP contribution in [0.4, 0.5) is 0 Å². The van der Waals surface area contributed by atoms with E-state index in [1.807, 2.05) is 29.2 Å². The Bertz CT molecular complexity index is 733.